The number of methoxy groups -OCH3 is 2. The molecular formula is C21H22ClN3O6. The van der Waals surface area contributed by atoms with Gasteiger partial charge in [0.05, 0.1) is 26.1 Å². The Hall–Kier alpha value is -3.72. The molecule has 0 saturated carbocycles. The van der Waals surface area contributed by atoms with Crippen LogP contribution in [0.25, 0.3) is 11.3 Å². The second-order valence-electron chi connectivity index (χ2n) is 6.17. The van der Waals surface area contributed by atoms with Crippen LogP contribution in [0.5, 0.6) is 11.5 Å². The van der Waals surface area contributed by atoms with Crippen molar-refractivity contribution in [3.05, 3.63) is 59.2 Å². The Morgan fingerprint density at radius 1 is 1.06 bits per heavy atom. The summed E-state index contributed by atoms with van der Waals surface area (Å²) < 4.78 is 12.7. The highest BCUT2D eigenvalue weighted by molar-refractivity contribution is 6.30. The van der Waals surface area contributed by atoms with E-state index >= 15 is 0 Å². The molecule has 0 atom stereocenters. The minimum Gasteiger partial charge on any atom is -0.497 e. The first kappa shape index (κ1) is 23.6. The molecular weight excluding hydrogens is 426 g/mol. The number of nitrogens with zero attached hydrogens (tertiary/aromatic N) is 2. The van der Waals surface area contributed by atoms with Crippen molar-refractivity contribution < 1.29 is 29.3 Å². The van der Waals surface area contributed by atoms with Crippen molar-refractivity contribution in [2.45, 2.75) is 6.54 Å². The summed E-state index contributed by atoms with van der Waals surface area (Å²) in [5, 5.41) is 18.8. The monoisotopic (exact) mass is 447 g/mol. The number of benzene rings is 2. The number of halogens is 1. The van der Waals surface area contributed by atoms with Crippen molar-refractivity contribution in [3.63, 3.8) is 0 Å². The number of carboxylic acids is 2. The van der Waals surface area contributed by atoms with Gasteiger partial charge in [0, 0.05) is 24.2 Å². The van der Waals surface area contributed by atoms with Crippen LogP contribution in [0.3, 0.4) is 0 Å². The summed E-state index contributed by atoms with van der Waals surface area (Å²) in [5.41, 5.74) is 3.07. The average Bonchev–Trinajstić information content (AvgIpc) is 3.13. The largest absolute Gasteiger partial charge is 0.497 e. The molecule has 0 aliphatic carbocycles. The van der Waals surface area contributed by atoms with E-state index in [1.807, 2.05) is 60.3 Å². The van der Waals surface area contributed by atoms with Crippen molar-refractivity contribution in [2.75, 3.05) is 19.5 Å². The molecule has 0 aliphatic rings. The second-order valence-corrected chi connectivity index (χ2v) is 6.61. The third kappa shape index (κ3) is 6.38. The number of carboxylic acid groups (broad SMARTS) is 2. The van der Waals surface area contributed by atoms with Gasteiger partial charge >= 0.3 is 11.9 Å². The number of carbonyl (C=O) groups is 2. The number of hydrogen-bond acceptors (Lipinski definition) is 6. The van der Waals surface area contributed by atoms with Crippen molar-refractivity contribution >= 4 is 29.5 Å². The fourth-order valence-corrected chi connectivity index (χ4v) is 2.78. The van der Waals surface area contributed by atoms with Gasteiger partial charge in [-0.15, -0.1) is 0 Å². The van der Waals surface area contributed by atoms with Gasteiger partial charge in [-0.2, -0.15) is 0 Å². The van der Waals surface area contributed by atoms with E-state index in [1.54, 1.807) is 14.2 Å². The van der Waals surface area contributed by atoms with Gasteiger partial charge in [-0.1, -0.05) is 23.7 Å². The van der Waals surface area contributed by atoms with E-state index in [4.69, 9.17) is 40.9 Å². The van der Waals surface area contributed by atoms with E-state index in [0.29, 0.717) is 6.54 Å². The summed E-state index contributed by atoms with van der Waals surface area (Å²) in [6, 6.07) is 13.4. The fourth-order valence-electron chi connectivity index (χ4n) is 2.66. The Morgan fingerprint density at radius 3 is 2.26 bits per heavy atom. The lowest BCUT2D eigenvalue weighted by molar-refractivity contribution is -0.159. The Kier molecular flexibility index (Phi) is 8.27. The maximum Gasteiger partial charge on any atom is 0.414 e. The quantitative estimate of drug-likeness (QED) is 0.490. The SMILES string of the molecule is COc1ccc(OC)c(CNc2ncc(-c3ccc(Cl)cc3)n2C)c1.O=C(O)C(=O)O. The summed E-state index contributed by atoms with van der Waals surface area (Å²) >= 11 is 5.96. The molecule has 9 nitrogen and oxygen atoms in total. The van der Waals surface area contributed by atoms with Gasteiger partial charge in [0.2, 0.25) is 5.95 Å². The minimum absolute atomic E-state index is 0.575. The Morgan fingerprint density at radius 2 is 1.71 bits per heavy atom. The van der Waals surface area contributed by atoms with Crippen LogP contribution in [0, 0.1) is 0 Å². The van der Waals surface area contributed by atoms with Gasteiger partial charge in [0.1, 0.15) is 11.5 Å². The molecule has 1 aromatic heterocycles. The first-order chi connectivity index (χ1) is 14.8. The third-order valence-electron chi connectivity index (χ3n) is 4.24. The number of rotatable bonds is 6. The molecule has 0 radical (unpaired) electrons. The van der Waals surface area contributed by atoms with E-state index in [0.717, 1.165) is 39.3 Å². The normalized spacial score (nSPS) is 9.94. The number of ether oxygens (including phenoxy) is 2. The number of anilines is 1. The summed E-state index contributed by atoms with van der Waals surface area (Å²) in [6.45, 7) is 0.575. The van der Waals surface area contributed by atoms with Gasteiger partial charge in [0.25, 0.3) is 0 Å². The Bertz CT molecular complexity index is 1040. The van der Waals surface area contributed by atoms with Gasteiger partial charge in [-0.3, -0.25) is 0 Å². The minimum atomic E-state index is -1.82. The molecule has 0 unspecified atom stereocenters. The zero-order valence-corrected chi connectivity index (χ0v) is 17.9. The lowest BCUT2D eigenvalue weighted by Gasteiger charge is -2.12. The standard InChI is InChI=1S/C19H20ClN3O2.C2H2O4/c1-23-17(13-4-6-15(20)7-5-13)12-22-19(23)21-11-14-10-16(24-2)8-9-18(14)25-3;3-1(4)2(5)6/h4-10,12H,11H2,1-3H3,(H,21,22);(H,3,4)(H,5,6). The van der Waals surface area contributed by atoms with Crippen molar-refractivity contribution in [1.29, 1.82) is 0 Å². The lowest BCUT2D eigenvalue weighted by atomic mass is 10.2. The smallest absolute Gasteiger partial charge is 0.414 e. The van der Waals surface area contributed by atoms with Crippen LogP contribution in [-0.4, -0.2) is 45.9 Å². The zero-order valence-electron chi connectivity index (χ0n) is 17.1. The summed E-state index contributed by atoms with van der Waals surface area (Å²) in [6.07, 6.45) is 1.84. The molecule has 3 rings (SSSR count). The predicted molar refractivity (Wildman–Crippen MR) is 116 cm³/mol. The van der Waals surface area contributed by atoms with E-state index in [1.165, 1.54) is 0 Å². The highest BCUT2D eigenvalue weighted by Crippen LogP contribution is 2.26. The van der Waals surface area contributed by atoms with Crippen molar-refractivity contribution in [2.24, 2.45) is 7.05 Å². The molecule has 164 valence electrons. The molecule has 3 N–H and O–H groups in total. The average molecular weight is 448 g/mol. The molecule has 0 bridgehead atoms. The maximum atomic E-state index is 9.10. The lowest BCUT2D eigenvalue weighted by Crippen LogP contribution is -2.09. The maximum absolute atomic E-state index is 9.10. The molecule has 10 heteroatoms. The zero-order chi connectivity index (χ0) is 23.0. The van der Waals surface area contributed by atoms with Gasteiger partial charge in [-0.05, 0) is 35.9 Å². The van der Waals surface area contributed by atoms with Crippen molar-refractivity contribution in [3.8, 4) is 22.8 Å². The van der Waals surface area contributed by atoms with Crippen LogP contribution in [0.4, 0.5) is 5.95 Å². The molecule has 0 amide bonds. The van der Waals surface area contributed by atoms with Crippen molar-refractivity contribution in [1.82, 2.24) is 9.55 Å². The number of hydrogen-bond donors (Lipinski definition) is 3. The summed E-state index contributed by atoms with van der Waals surface area (Å²) in [7, 11) is 5.28. The van der Waals surface area contributed by atoms with Gasteiger partial charge in [0.15, 0.2) is 0 Å². The molecule has 0 aliphatic heterocycles. The molecule has 0 fully saturated rings. The molecule has 3 aromatic rings. The predicted octanol–water partition coefficient (Wildman–Crippen LogP) is 3.53. The van der Waals surface area contributed by atoms with Gasteiger partial charge in [-0.25, -0.2) is 14.6 Å². The molecule has 0 saturated heterocycles. The molecule has 31 heavy (non-hydrogen) atoms. The number of imidazole rings is 1. The van der Waals surface area contributed by atoms with Crippen LogP contribution in [0.15, 0.2) is 48.7 Å². The second kappa shape index (κ2) is 10.9. The van der Waals surface area contributed by atoms with E-state index in [9.17, 15) is 0 Å². The number of aliphatic carboxylic acids is 2. The van der Waals surface area contributed by atoms with Crippen LogP contribution in [0.1, 0.15) is 5.56 Å². The first-order valence-electron chi connectivity index (χ1n) is 8.95. The Labute approximate surface area is 183 Å². The highest BCUT2D eigenvalue weighted by Gasteiger charge is 2.10. The highest BCUT2D eigenvalue weighted by atomic mass is 35.5. The number of aromatic nitrogens is 2. The van der Waals surface area contributed by atoms with Gasteiger partial charge < -0.3 is 29.6 Å². The van der Waals surface area contributed by atoms with E-state index < -0.39 is 11.9 Å². The number of nitrogens with one attached hydrogen (secondary N) is 1. The molecule has 2 aromatic carbocycles. The van der Waals surface area contributed by atoms with Crippen LogP contribution in [0.2, 0.25) is 5.02 Å². The fraction of sp³-hybridized carbons (Fsp3) is 0.190. The third-order valence-corrected chi connectivity index (χ3v) is 4.49. The molecule has 1 heterocycles. The van der Waals surface area contributed by atoms with Crippen LogP contribution in [-0.2, 0) is 23.2 Å². The van der Waals surface area contributed by atoms with E-state index in [-0.39, 0.29) is 0 Å². The van der Waals surface area contributed by atoms with E-state index in [2.05, 4.69) is 10.3 Å². The molecule has 0 spiro atoms. The summed E-state index contributed by atoms with van der Waals surface area (Å²) in [5.74, 6) is -1.28. The Balaban J connectivity index is 0.000000501. The van der Waals surface area contributed by atoms with Crippen LogP contribution >= 0.6 is 11.6 Å². The first-order valence-corrected chi connectivity index (χ1v) is 9.33. The topological polar surface area (TPSA) is 123 Å². The summed E-state index contributed by atoms with van der Waals surface area (Å²) in [4.78, 5) is 22.7. The van der Waals surface area contributed by atoms with Crippen LogP contribution < -0.4 is 14.8 Å².